The molecule has 0 amide bonds. The van der Waals surface area contributed by atoms with Crippen LogP contribution in [0.5, 0.6) is 0 Å². The van der Waals surface area contributed by atoms with Crippen molar-refractivity contribution in [3.8, 4) is 0 Å². The Balaban J connectivity index is 3.04. The van der Waals surface area contributed by atoms with Gasteiger partial charge >= 0.3 is 80.5 Å². The third-order valence-electron chi connectivity index (χ3n) is 0.717. The molecule has 0 fully saturated rings. The van der Waals surface area contributed by atoms with Gasteiger partial charge in [0.05, 0.1) is 0 Å². The number of rotatable bonds is 0. The van der Waals surface area contributed by atoms with E-state index in [4.69, 9.17) is 0 Å². The van der Waals surface area contributed by atoms with Crippen LogP contribution in [0, 0.1) is 0 Å². The normalized spacial score (nSPS) is 9.71. The maximum absolute atomic E-state index is 2.27. The second-order valence-electron chi connectivity index (χ2n) is 1.37. The van der Waals surface area contributed by atoms with Gasteiger partial charge in [0.15, 0.2) is 0 Å². The molecule has 0 bridgehead atoms. The van der Waals surface area contributed by atoms with Gasteiger partial charge in [-0.2, -0.15) is 0 Å². The van der Waals surface area contributed by atoms with E-state index in [1.54, 1.807) is 4.77 Å². The summed E-state index contributed by atoms with van der Waals surface area (Å²) >= 11 is 3.78. The van der Waals surface area contributed by atoms with Crippen molar-refractivity contribution < 1.29 is 52.2 Å². The summed E-state index contributed by atoms with van der Waals surface area (Å²) < 4.78 is 3.29. The van der Waals surface area contributed by atoms with Gasteiger partial charge in [-0.3, -0.25) is 0 Å². The Morgan fingerprint density at radius 1 is 1.14 bits per heavy atom. The number of hydrogen-bond acceptors (Lipinski definition) is 1. The Morgan fingerprint density at radius 2 is 1.57 bits per heavy atom. The molecule has 1 heterocycles. The zero-order chi connectivity index (χ0) is 5.28. The molecule has 0 aromatic carbocycles. The quantitative estimate of drug-likeness (QED) is 0.460. The van der Waals surface area contributed by atoms with Gasteiger partial charge in [0, 0.05) is 0 Å². The fourth-order valence-electron chi connectivity index (χ4n) is 0.422. The van der Waals surface area contributed by atoms with Gasteiger partial charge in [-0.05, 0) is 0 Å². The van der Waals surface area contributed by atoms with Crippen molar-refractivity contribution in [2.24, 2.45) is 0 Å². The van der Waals surface area contributed by atoms with Crippen molar-refractivity contribution in [3.63, 3.8) is 0 Å². The van der Waals surface area contributed by atoms with Crippen LogP contribution in [0.4, 0.5) is 0 Å². The third kappa shape index (κ3) is 2.10. The van der Waals surface area contributed by atoms with E-state index in [1.807, 2.05) is 11.3 Å². The summed E-state index contributed by atoms with van der Waals surface area (Å²) in [6, 6.07) is 4.55. The van der Waals surface area contributed by atoms with Crippen LogP contribution in [0.15, 0.2) is 12.1 Å². The van der Waals surface area contributed by atoms with E-state index in [9.17, 15) is 0 Å². The molecule has 28 valence electrons. The molecule has 0 radical (unpaired) electrons. The molecule has 0 saturated carbocycles. The van der Waals surface area contributed by atoms with Gasteiger partial charge in [-0.15, -0.1) is 0 Å². The second-order valence-corrected chi connectivity index (χ2v) is 12.5. The molecule has 7 heavy (non-hydrogen) atoms. The van der Waals surface area contributed by atoms with Crippen LogP contribution in [0.2, 0.25) is 0 Å². The molecule has 0 aliphatic heterocycles. The van der Waals surface area contributed by atoms with Gasteiger partial charge < -0.3 is 0 Å². The van der Waals surface area contributed by atoms with Gasteiger partial charge in [0.2, 0.25) is 0 Å². The van der Waals surface area contributed by atoms with Crippen LogP contribution in [0.25, 0.3) is 0 Å². The molecule has 0 atom stereocenters. The van der Waals surface area contributed by atoms with E-state index in [0.29, 0.717) is 0 Å². The van der Waals surface area contributed by atoms with Crippen molar-refractivity contribution in [2.75, 3.05) is 0 Å². The van der Waals surface area contributed by atoms with E-state index in [1.165, 1.54) is 0 Å². The first-order valence-corrected chi connectivity index (χ1v) is 8.34. The molecule has 0 N–H and O–H groups in total. The van der Waals surface area contributed by atoms with Crippen molar-refractivity contribution >= 4 is 16.1 Å². The number of thiophene rings is 1. The fourth-order valence-corrected chi connectivity index (χ4v) is 15.5. The zero-order valence-electron chi connectivity index (χ0n) is 3.98. The van der Waals surface area contributed by atoms with Gasteiger partial charge in [0.1, 0.15) is 0 Å². The Labute approximate surface area is 79.3 Å². The summed E-state index contributed by atoms with van der Waals surface area (Å²) in [5.41, 5.74) is 0. The van der Waals surface area contributed by atoms with Crippen LogP contribution in [-0.2, 0) is 52.2 Å². The molecule has 3 heteroatoms. The van der Waals surface area contributed by atoms with Crippen LogP contribution < -0.4 is 4.77 Å². The predicted molar refractivity (Wildman–Crippen MR) is 23.6 cm³/mol. The maximum atomic E-state index is 2.27. The van der Waals surface area contributed by atoms with Gasteiger partial charge in [0.25, 0.3) is 0 Å². The van der Waals surface area contributed by atoms with Crippen LogP contribution in [0.3, 0.4) is 0 Å². The SMILES string of the molecule is [Hg][c]1cc[c]([Hg])s1. The minimum absolute atomic E-state index is 0.880. The summed E-state index contributed by atoms with van der Waals surface area (Å²) in [5, 5.41) is 0. The first-order valence-electron chi connectivity index (χ1n) is 2.03. The van der Waals surface area contributed by atoms with Gasteiger partial charge in [-0.1, -0.05) is 0 Å². The first kappa shape index (κ1) is 6.69. The summed E-state index contributed by atoms with van der Waals surface area (Å²) in [5.74, 6) is 0. The molecule has 0 aliphatic rings. The number of hydrogen-bond donors (Lipinski definition) is 0. The predicted octanol–water partition coefficient (Wildman–Crippen LogP) is 0.0923. The van der Waals surface area contributed by atoms with E-state index >= 15 is 0 Å². The molecule has 1 aromatic heterocycles. The fraction of sp³-hybridized carbons (Fsp3) is 0. The average molecular weight is 483 g/mol. The van der Waals surface area contributed by atoms with Crippen LogP contribution in [-0.4, -0.2) is 0 Å². The molecule has 0 unspecified atom stereocenters. The summed E-state index contributed by atoms with van der Waals surface area (Å²) in [6.07, 6.45) is 0. The monoisotopic (exact) mass is 486 g/mol. The first-order chi connectivity index (χ1) is 3.29. The molecule has 0 saturated heterocycles. The summed E-state index contributed by atoms with van der Waals surface area (Å²) in [7, 11) is 0. The molecule has 0 spiro atoms. The Hall–Kier alpha value is 1.57. The van der Waals surface area contributed by atoms with Crippen molar-refractivity contribution in [2.45, 2.75) is 0 Å². The molecule has 1 rings (SSSR count). The topological polar surface area (TPSA) is 0 Å². The standard InChI is InChI=1S/C4H2S.2Hg/c1-2-4-5-3-1;;/h1-2H;;. The van der Waals surface area contributed by atoms with Gasteiger partial charge in [-0.25, -0.2) is 0 Å². The average Bonchev–Trinajstić information content (AvgIpc) is 1.87. The Bertz CT molecular complexity index is 142. The molecule has 0 nitrogen and oxygen atoms in total. The molecular formula is C4H2Hg2S. The van der Waals surface area contributed by atoms with E-state index in [2.05, 4.69) is 12.1 Å². The Kier molecular flexibility index (Phi) is 2.79. The minimum atomic E-state index is 0.880. The van der Waals surface area contributed by atoms with Crippen molar-refractivity contribution in [1.82, 2.24) is 0 Å². The summed E-state index contributed by atoms with van der Waals surface area (Å²) in [4.78, 5) is 0. The van der Waals surface area contributed by atoms with Crippen molar-refractivity contribution in [1.29, 1.82) is 0 Å². The molecule has 1 aromatic rings. The zero-order valence-corrected chi connectivity index (χ0v) is 15.8. The van der Waals surface area contributed by atoms with Crippen LogP contribution in [0.1, 0.15) is 0 Å². The molecule has 0 aliphatic carbocycles. The third-order valence-corrected chi connectivity index (χ3v) is 6.71. The second kappa shape index (κ2) is 2.92. The Morgan fingerprint density at radius 3 is 1.71 bits per heavy atom. The van der Waals surface area contributed by atoms with E-state index in [-0.39, 0.29) is 0 Å². The van der Waals surface area contributed by atoms with E-state index < -0.39 is 0 Å². The van der Waals surface area contributed by atoms with Crippen LogP contribution >= 0.6 is 11.3 Å². The van der Waals surface area contributed by atoms with E-state index in [0.717, 1.165) is 52.2 Å². The summed E-state index contributed by atoms with van der Waals surface area (Å²) in [6.45, 7) is 0. The van der Waals surface area contributed by atoms with Crippen molar-refractivity contribution in [3.05, 3.63) is 12.1 Å². The molecular weight excluding hydrogens is 481 g/mol.